The predicted molar refractivity (Wildman–Crippen MR) is 134 cm³/mol. The molecule has 0 saturated carbocycles. The van der Waals surface area contributed by atoms with E-state index < -0.39 is 0 Å². The summed E-state index contributed by atoms with van der Waals surface area (Å²) in [5, 5.41) is 3.51. The smallest absolute Gasteiger partial charge is 0.127 e. The number of nitrogens with one attached hydrogen (secondary N) is 1. The largest absolute Gasteiger partial charge is 0.457 e. The van der Waals surface area contributed by atoms with E-state index in [2.05, 4.69) is 72.0 Å². The molecule has 4 aromatic rings. The van der Waals surface area contributed by atoms with Gasteiger partial charge in [-0.3, -0.25) is 0 Å². The van der Waals surface area contributed by atoms with Crippen molar-refractivity contribution in [2.75, 3.05) is 13.1 Å². The molecule has 1 aliphatic heterocycles. The molecule has 0 bridgehead atoms. The molecule has 2 unspecified atom stereocenters. The van der Waals surface area contributed by atoms with Crippen LogP contribution in [0.3, 0.4) is 0 Å². The molecule has 1 N–H and O–H groups in total. The second-order valence-corrected chi connectivity index (χ2v) is 8.50. The van der Waals surface area contributed by atoms with Crippen LogP contribution in [0.5, 0.6) is 11.5 Å². The average Bonchev–Trinajstić information content (AvgIpc) is 2.89. The first-order valence-electron chi connectivity index (χ1n) is 11.6. The second-order valence-electron chi connectivity index (χ2n) is 8.50. The van der Waals surface area contributed by atoms with Gasteiger partial charge in [0.25, 0.3) is 0 Å². The Bertz CT molecular complexity index is 1160. The number of para-hydroxylation sites is 1. The Kier molecular flexibility index (Phi) is 6.81. The summed E-state index contributed by atoms with van der Waals surface area (Å²) < 4.78 is 12.5. The van der Waals surface area contributed by atoms with Crippen LogP contribution in [0, 0.1) is 0 Å². The highest BCUT2D eigenvalue weighted by Gasteiger charge is 2.27. The van der Waals surface area contributed by atoms with E-state index in [9.17, 15) is 0 Å². The molecule has 0 radical (unpaired) electrons. The van der Waals surface area contributed by atoms with Crippen LogP contribution in [0.2, 0.25) is 0 Å². The van der Waals surface area contributed by atoms with Crippen molar-refractivity contribution in [3.05, 3.63) is 120 Å². The normalized spacial score (nSPS) is 18.1. The molecular formula is C30H29NO2. The molecule has 4 aromatic carbocycles. The molecule has 0 amide bonds. The highest BCUT2D eigenvalue weighted by molar-refractivity contribution is 5.64. The van der Waals surface area contributed by atoms with Crippen molar-refractivity contribution in [2.24, 2.45) is 0 Å². The second kappa shape index (κ2) is 10.5. The van der Waals surface area contributed by atoms with Gasteiger partial charge in [0, 0.05) is 12.5 Å². The molecule has 33 heavy (non-hydrogen) atoms. The molecular weight excluding hydrogens is 406 g/mol. The van der Waals surface area contributed by atoms with Gasteiger partial charge >= 0.3 is 0 Å². The number of hydrogen-bond donors (Lipinski definition) is 1. The minimum absolute atomic E-state index is 0.128. The van der Waals surface area contributed by atoms with Crippen LogP contribution in [-0.4, -0.2) is 19.2 Å². The summed E-state index contributed by atoms with van der Waals surface area (Å²) >= 11 is 0. The monoisotopic (exact) mass is 435 g/mol. The first-order valence-corrected chi connectivity index (χ1v) is 11.6. The lowest BCUT2D eigenvalue weighted by Gasteiger charge is -2.33. The van der Waals surface area contributed by atoms with Crippen molar-refractivity contribution in [3.8, 4) is 22.6 Å². The number of piperidine rings is 1. The van der Waals surface area contributed by atoms with Crippen LogP contribution in [0.25, 0.3) is 11.1 Å². The van der Waals surface area contributed by atoms with Gasteiger partial charge in [-0.05, 0) is 59.5 Å². The third-order valence-corrected chi connectivity index (χ3v) is 6.19. The third kappa shape index (κ3) is 5.51. The summed E-state index contributed by atoms with van der Waals surface area (Å²) in [6.45, 7) is 2.44. The summed E-state index contributed by atoms with van der Waals surface area (Å²) in [7, 11) is 0. The highest BCUT2D eigenvalue weighted by Crippen LogP contribution is 2.31. The van der Waals surface area contributed by atoms with Crippen LogP contribution in [-0.2, 0) is 11.3 Å². The van der Waals surface area contributed by atoms with Gasteiger partial charge in [-0.25, -0.2) is 0 Å². The molecule has 1 aliphatic rings. The fraction of sp³-hybridized carbons (Fsp3) is 0.200. The van der Waals surface area contributed by atoms with Gasteiger partial charge < -0.3 is 14.8 Å². The van der Waals surface area contributed by atoms with E-state index in [1.807, 2.05) is 42.5 Å². The maximum Gasteiger partial charge on any atom is 0.127 e. The lowest BCUT2D eigenvalue weighted by molar-refractivity contribution is 0.0106. The lowest BCUT2D eigenvalue weighted by Crippen LogP contribution is -2.41. The van der Waals surface area contributed by atoms with Gasteiger partial charge in [0.1, 0.15) is 11.5 Å². The summed E-state index contributed by atoms with van der Waals surface area (Å²) in [4.78, 5) is 0. The van der Waals surface area contributed by atoms with Gasteiger partial charge in [-0.1, -0.05) is 84.9 Å². The molecule has 3 nitrogen and oxygen atoms in total. The number of ether oxygens (including phenoxy) is 2. The van der Waals surface area contributed by atoms with Crippen molar-refractivity contribution in [1.82, 2.24) is 5.32 Å². The van der Waals surface area contributed by atoms with Gasteiger partial charge in [0.05, 0.1) is 12.7 Å². The molecule has 1 saturated heterocycles. The summed E-state index contributed by atoms with van der Waals surface area (Å²) in [6, 6.07) is 37.5. The van der Waals surface area contributed by atoms with Crippen LogP contribution in [0.4, 0.5) is 0 Å². The standard InChI is InChI=1S/C30H29NO2/c1-3-10-24(11-4-1)25-12-8-13-26(20-25)29-17-18-31-21-30(29)32-22-23-9-7-16-28(19-23)33-27-14-5-2-6-15-27/h1-16,19-20,29-31H,17-18,21-22H2. The van der Waals surface area contributed by atoms with Crippen molar-refractivity contribution in [1.29, 1.82) is 0 Å². The molecule has 0 aliphatic carbocycles. The quantitative estimate of drug-likeness (QED) is 0.346. The Morgan fingerprint density at radius 2 is 1.42 bits per heavy atom. The molecule has 1 fully saturated rings. The first-order chi connectivity index (χ1) is 16.3. The summed E-state index contributed by atoms with van der Waals surface area (Å²) in [5.41, 5.74) is 4.98. The van der Waals surface area contributed by atoms with Crippen molar-refractivity contribution < 1.29 is 9.47 Å². The zero-order valence-corrected chi connectivity index (χ0v) is 18.7. The number of hydrogen-bond acceptors (Lipinski definition) is 3. The third-order valence-electron chi connectivity index (χ3n) is 6.19. The van der Waals surface area contributed by atoms with Crippen molar-refractivity contribution >= 4 is 0 Å². The predicted octanol–water partition coefficient (Wildman–Crippen LogP) is 6.81. The van der Waals surface area contributed by atoms with Crippen LogP contribution in [0.15, 0.2) is 109 Å². The zero-order valence-electron chi connectivity index (χ0n) is 18.7. The van der Waals surface area contributed by atoms with E-state index in [0.717, 1.165) is 36.6 Å². The van der Waals surface area contributed by atoms with E-state index >= 15 is 0 Å². The fourth-order valence-corrected chi connectivity index (χ4v) is 4.49. The van der Waals surface area contributed by atoms with Crippen LogP contribution >= 0.6 is 0 Å². The number of rotatable bonds is 7. The summed E-state index contributed by atoms with van der Waals surface area (Å²) in [6.07, 6.45) is 1.20. The van der Waals surface area contributed by atoms with Crippen molar-refractivity contribution in [3.63, 3.8) is 0 Å². The Morgan fingerprint density at radius 3 is 2.27 bits per heavy atom. The molecule has 166 valence electrons. The molecule has 1 heterocycles. The Balaban J connectivity index is 1.28. The maximum atomic E-state index is 6.47. The van der Waals surface area contributed by atoms with E-state index in [0.29, 0.717) is 12.5 Å². The lowest BCUT2D eigenvalue weighted by atomic mass is 9.86. The van der Waals surface area contributed by atoms with Gasteiger partial charge in [0.2, 0.25) is 0 Å². The molecule has 3 heteroatoms. The van der Waals surface area contributed by atoms with E-state index in [1.54, 1.807) is 0 Å². The van der Waals surface area contributed by atoms with E-state index in [-0.39, 0.29) is 6.10 Å². The summed E-state index contributed by atoms with van der Waals surface area (Å²) in [5.74, 6) is 2.04. The average molecular weight is 436 g/mol. The Hall–Kier alpha value is -3.40. The molecule has 2 atom stereocenters. The first kappa shape index (κ1) is 21.4. The van der Waals surface area contributed by atoms with Gasteiger partial charge in [-0.2, -0.15) is 0 Å². The highest BCUT2D eigenvalue weighted by atomic mass is 16.5. The molecule has 0 spiro atoms. The van der Waals surface area contributed by atoms with Gasteiger partial charge in [0.15, 0.2) is 0 Å². The van der Waals surface area contributed by atoms with Crippen LogP contribution < -0.4 is 10.1 Å². The Labute approximate surface area is 196 Å². The number of benzene rings is 4. The van der Waals surface area contributed by atoms with Crippen LogP contribution in [0.1, 0.15) is 23.5 Å². The minimum Gasteiger partial charge on any atom is -0.457 e. The zero-order chi connectivity index (χ0) is 22.3. The SMILES string of the molecule is c1ccc(Oc2cccc(COC3CNCCC3c3cccc(-c4ccccc4)c3)c2)cc1. The minimum atomic E-state index is 0.128. The van der Waals surface area contributed by atoms with E-state index in [1.165, 1.54) is 16.7 Å². The molecule has 5 rings (SSSR count). The fourth-order valence-electron chi connectivity index (χ4n) is 4.49. The molecule has 0 aromatic heterocycles. The van der Waals surface area contributed by atoms with Gasteiger partial charge in [-0.15, -0.1) is 0 Å². The topological polar surface area (TPSA) is 30.5 Å². The van der Waals surface area contributed by atoms with Crippen molar-refractivity contribution in [2.45, 2.75) is 25.0 Å². The Morgan fingerprint density at radius 1 is 0.697 bits per heavy atom. The van der Waals surface area contributed by atoms with E-state index in [4.69, 9.17) is 9.47 Å². The maximum absolute atomic E-state index is 6.47.